The molecule has 1 saturated heterocycles. The zero-order chi connectivity index (χ0) is 20.9. The Hall–Kier alpha value is -3.45. The molecule has 1 aromatic carbocycles. The van der Waals surface area contributed by atoms with Crippen molar-refractivity contribution in [2.45, 2.75) is 32.4 Å². The van der Waals surface area contributed by atoms with E-state index in [0.29, 0.717) is 35.9 Å². The summed E-state index contributed by atoms with van der Waals surface area (Å²) in [6.45, 7) is 2.91. The molecule has 1 N–H and O–H groups in total. The summed E-state index contributed by atoms with van der Waals surface area (Å²) in [7, 11) is 0. The van der Waals surface area contributed by atoms with Gasteiger partial charge in [-0.25, -0.2) is 0 Å². The van der Waals surface area contributed by atoms with E-state index in [1.165, 1.54) is 0 Å². The molecule has 3 aromatic rings. The third-order valence-electron chi connectivity index (χ3n) is 5.02. The summed E-state index contributed by atoms with van der Waals surface area (Å²) in [6.07, 6.45) is 6.88. The van der Waals surface area contributed by atoms with Crippen LogP contribution in [0.5, 0.6) is 11.5 Å². The fourth-order valence-electron chi connectivity index (χ4n) is 3.47. The van der Waals surface area contributed by atoms with Crippen LogP contribution < -0.4 is 15.6 Å². The number of benzene rings is 1. The summed E-state index contributed by atoms with van der Waals surface area (Å²) in [5.74, 6) is 0.544. The fourth-order valence-corrected chi connectivity index (χ4v) is 3.47. The zero-order valence-electron chi connectivity index (χ0n) is 16.7. The van der Waals surface area contributed by atoms with Gasteiger partial charge in [-0.05, 0) is 55.7 Å². The van der Waals surface area contributed by atoms with Crippen LogP contribution >= 0.6 is 0 Å². The van der Waals surface area contributed by atoms with Gasteiger partial charge in [0, 0.05) is 19.0 Å². The molecule has 0 aliphatic carbocycles. The molecule has 7 nitrogen and oxygen atoms in total. The topological polar surface area (TPSA) is 82.5 Å². The highest BCUT2D eigenvalue weighted by atomic mass is 16.5. The third kappa shape index (κ3) is 4.41. The lowest BCUT2D eigenvalue weighted by Crippen LogP contribution is -2.32. The maximum Gasteiger partial charge on any atom is 0.263 e. The Morgan fingerprint density at radius 2 is 2.13 bits per heavy atom. The van der Waals surface area contributed by atoms with Gasteiger partial charge < -0.3 is 19.4 Å². The zero-order valence-corrected chi connectivity index (χ0v) is 16.7. The second-order valence-corrected chi connectivity index (χ2v) is 7.21. The van der Waals surface area contributed by atoms with Gasteiger partial charge in [-0.2, -0.15) is 0 Å². The van der Waals surface area contributed by atoms with Crippen LogP contribution in [0.1, 0.15) is 28.8 Å². The van der Waals surface area contributed by atoms with Gasteiger partial charge in [0.05, 0.1) is 24.5 Å². The number of nitrogens with one attached hydrogen (secondary N) is 1. The highest BCUT2D eigenvalue weighted by molar-refractivity contribution is 6.05. The first-order valence-electron chi connectivity index (χ1n) is 9.92. The van der Waals surface area contributed by atoms with Crippen molar-refractivity contribution in [2.75, 3.05) is 11.9 Å². The van der Waals surface area contributed by atoms with Gasteiger partial charge in [-0.3, -0.25) is 14.6 Å². The summed E-state index contributed by atoms with van der Waals surface area (Å²) in [5, 5.41) is 2.82. The number of aryl methyl sites for hydroxylation is 1. The average molecular weight is 405 g/mol. The molecule has 0 saturated carbocycles. The molecule has 1 amide bonds. The first-order chi connectivity index (χ1) is 14.6. The molecule has 1 aliphatic heterocycles. The van der Waals surface area contributed by atoms with E-state index in [-0.39, 0.29) is 17.2 Å². The normalized spacial score (nSPS) is 15.7. The number of nitrogens with zero attached hydrogens (tertiary/aromatic N) is 2. The molecule has 0 bridgehead atoms. The van der Waals surface area contributed by atoms with E-state index < -0.39 is 5.91 Å². The van der Waals surface area contributed by atoms with Crippen LogP contribution in [0.4, 0.5) is 5.69 Å². The van der Waals surface area contributed by atoms with Gasteiger partial charge in [0.2, 0.25) is 0 Å². The second-order valence-electron chi connectivity index (χ2n) is 7.21. The Balaban J connectivity index is 1.58. The average Bonchev–Trinajstić information content (AvgIpc) is 3.26. The van der Waals surface area contributed by atoms with Crippen molar-refractivity contribution in [3.8, 4) is 11.5 Å². The van der Waals surface area contributed by atoms with Crippen LogP contribution in [-0.2, 0) is 11.3 Å². The Labute approximate surface area is 174 Å². The highest BCUT2D eigenvalue weighted by Crippen LogP contribution is 2.29. The maximum absolute atomic E-state index is 13.0. The van der Waals surface area contributed by atoms with Crippen LogP contribution in [0.15, 0.2) is 65.8 Å². The van der Waals surface area contributed by atoms with E-state index in [1.807, 2.05) is 6.07 Å². The molecule has 1 unspecified atom stereocenters. The molecule has 1 fully saturated rings. The summed E-state index contributed by atoms with van der Waals surface area (Å²) < 4.78 is 13.0. The van der Waals surface area contributed by atoms with Gasteiger partial charge in [0.1, 0.15) is 11.3 Å². The molecule has 154 valence electrons. The molecular weight excluding hydrogens is 382 g/mol. The van der Waals surface area contributed by atoms with E-state index in [1.54, 1.807) is 66.5 Å². The Bertz CT molecular complexity index is 1090. The second kappa shape index (κ2) is 8.92. The lowest BCUT2D eigenvalue weighted by Gasteiger charge is -2.15. The number of carbonyl (C=O) groups excluding carboxylic acids is 1. The van der Waals surface area contributed by atoms with Gasteiger partial charge >= 0.3 is 0 Å². The number of amides is 1. The maximum atomic E-state index is 13.0. The SMILES string of the molecule is Cc1ccn(CC2CCCO2)c(=O)c1C(=O)Nc1ccccc1Oc1cccnc1. The molecule has 2 aromatic heterocycles. The Morgan fingerprint density at radius 3 is 2.90 bits per heavy atom. The van der Waals surface area contributed by atoms with Crippen LogP contribution in [0.2, 0.25) is 0 Å². The molecule has 3 heterocycles. The minimum absolute atomic E-state index is 0.00919. The van der Waals surface area contributed by atoms with Crippen molar-refractivity contribution >= 4 is 11.6 Å². The molecule has 30 heavy (non-hydrogen) atoms. The van der Waals surface area contributed by atoms with E-state index >= 15 is 0 Å². The summed E-state index contributed by atoms with van der Waals surface area (Å²) in [5.41, 5.74) is 0.881. The number of pyridine rings is 2. The monoisotopic (exact) mass is 405 g/mol. The smallest absolute Gasteiger partial charge is 0.263 e. The summed E-state index contributed by atoms with van der Waals surface area (Å²) >= 11 is 0. The van der Waals surface area contributed by atoms with E-state index in [9.17, 15) is 9.59 Å². The molecule has 1 atom stereocenters. The molecule has 0 radical (unpaired) electrons. The fraction of sp³-hybridized carbons (Fsp3) is 0.261. The number of hydrogen-bond acceptors (Lipinski definition) is 5. The largest absolute Gasteiger partial charge is 0.454 e. The van der Waals surface area contributed by atoms with Crippen LogP contribution in [-0.4, -0.2) is 28.2 Å². The summed E-state index contributed by atoms with van der Waals surface area (Å²) in [6, 6.07) is 12.4. The van der Waals surface area contributed by atoms with Crippen molar-refractivity contribution < 1.29 is 14.3 Å². The van der Waals surface area contributed by atoms with Gasteiger partial charge in [-0.15, -0.1) is 0 Å². The molecule has 7 heteroatoms. The van der Waals surface area contributed by atoms with Crippen molar-refractivity contribution in [2.24, 2.45) is 0 Å². The Kier molecular flexibility index (Phi) is 5.90. The lowest BCUT2D eigenvalue weighted by molar-refractivity contribution is 0.0952. The molecule has 0 spiro atoms. The first kappa shape index (κ1) is 19.8. The van der Waals surface area contributed by atoms with E-state index in [4.69, 9.17) is 9.47 Å². The molecule has 4 rings (SSSR count). The number of rotatable bonds is 6. The Morgan fingerprint density at radius 1 is 1.27 bits per heavy atom. The standard InChI is InChI=1S/C23H23N3O4/c1-16-10-12-26(15-18-7-5-13-29-18)23(28)21(16)22(27)25-19-8-2-3-9-20(19)30-17-6-4-11-24-14-17/h2-4,6,8-12,14,18H,5,7,13,15H2,1H3,(H,25,27). The van der Waals surface area contributed by atoms with Crippen LogP contribution in [0, 0.1) is 6.92 Å². The molecular formula is C23H23N3O4. The van der Waals surface area contributed by atoms with E-state index in [2.05, 4.69) is 10.3 Å². The predicted molar refractivity (Wildman–Crippen MR) is 113 cm³/mol. The van der Waals surface area contributed by atoms with Gasteiger partial charge in [0.25, 0.3) is 11.5 Å². The van der Waals surface area contributed by atoms with Crippen molar-refractivity contribution in [3.05, 3.63) is 82.5 Å². The van der Waals surface area contributed by atoms with Crippen molar-refractivity contribution in [1.82, 2.24) is 9.55 Å². The number of aromatic nitrogens is 2. The van der Waals surface area contributed by atoms with Crippen LogP contribution in [0.3, 0.4) is 0 Å². The van der Waals surface area contributed by atoms with Gasteiger partial charge in [0.15, 0.2) is 5.75 Å². The number of hydrogen-bond donors (Lipinski definition) is 1. The quantitative estimate of drug-likeness (QED) is 0.675. The van der Waals surface area contributed by atoms with Gasteiger partial charge in [-0.1, -0.05) is 12.1 Å². The summed E-state index contributed by atoms with van der Waals surface area (Å²) in [4.78, 5) is 30.0. The highest BCUT2D eigenvalue weighted by Gasteiger charge is 2.21. The lowest BCUT2D eigenvalue weighted by atomic mass is 10.1. The number of carbonyl (C=O) groups is 1. The number of anilines is 1. The predicted octanol–water partition coefficient (Wildman–Crippen LogP) is 3.78. The molecule has 1 aliphatic rings. The van der Waals surface area contributed by atoms with Crippen molar-refractivity contribution in [3.63, 3.8) is 0 Å². The van der Waals surface area contributed by atoms with Crippen LogP contribution in [0.25, 0.3) is 0 Å². The number of para-hydroxylation sites is 2. The third-order valence-corrected chi connectivity index (χ3v) is 5.02. The minimum atomic E-state index is -0.471. The minimum Gasteiger partial charge on any atom is -0.454 e. The number of ether oxygens (including phenoxy) is 2. The van der Waals surface area contributed by atoms with Crippen molar-refractivity contribution in [1.29, 1.82) is 0 Å². The first-order valence-corrected chi connectivity index (χ1v) is 9.92. The van der Waals surface area contributed by atoms with E-state index in [0.717, 1.165) is 12.8 Å².